The monoisotopic (exact) mass is 462 g/mol. The third-order valence-electron chi connectivity index (χ3n) is 11.9. The first-order chi connectivity index (χ1) is 15.6. The lowest BCUT2D eigenvalue weighted by molar-refractivity contribution is -0.158. The molecule has 2 N–H and O–H groups in total. The second-order valence-electron chi connectivity index (χ2n) is 14.5. The van der Waals surface area contributed by atoms with Gasteiger partial charge in [-0.2, -0.15) is 5.26 Å². The van der Waals surface area contributed by atoms with E-state index >= 15 is 0 Å². The zero-order valence-electron chi connectivity index (χ0n) is 22.2. The largest absolute Gasteiger partial charge is 0.325 e. The van der Waals surface area contributed by atoms with Crippen molar-refractivity contribution in [2.24, 2.45) is 50.6 Å². The fourth-order valence-corrected chi connectivity index (χ4v) is 9.67. The highest BCUT2D eigenvalue weighted by Gasteiger charge is 2.69. The average Bonchev–Trinajstić information content (AvgIpc) is 2.74. The molecule has 3 fully saturated rings. The van der Waals surface area contributed by atoms with E-state index in [9.17, 15) is 14.9 Å². The Morgan fingerprint density at radius 2 is 1.62 bits per heavy atom. The summed E-state index contributed by atoms with van der Waals surface area (Å²) in [6, 6.07) is 2.19. The Morgan fingerprint density at radius 1 is 0.971 bits per heavy atom. The smallest absolute Gasteiger partial charge is 0.178 e. The van der Waals surface area contributed by atoms with Crippen molar-refractivity contribution in [2.75, 3.05) is 0 Å². The van der Waals surface area contributed by atoms with Crippen LogP contribution >= 0.6 is 0 Å². The van der Waals surface area contributed by atoms with Crippen LogP contribution in [-0.4, -0.2) is 17.1 Å². The van der Waals surface area contributed by atoms with Crippen molar-refractivity contribution in [2.45, 2.75) is 99.0 Å². The second-order valence-corrected chi connectivity index (χ2v) is 14.5. The van der Waals surface area contributed by atoms with Gasteiger partial charge in [0.25, 0.3) is 0 Å². The summed E-state index contributed by atoms with van der Waals surface area (Å²) in [5.74, 6) is 0.413. The van der Waals surface area contributed by atoms with Crippen molar-refractivity contribution >= 4 is 11.6 Å². The van der Waals surface area contributed by atoms with Gasteiger partial charge in [-0.15, -0.1) is 0 Å². The molecule has 3 saturated carbocycles. The molecule has 5 aliphatic rings. The third kappa shape index (κ3) is 2.74. The first kappa shape index (κ1) is 24.0. The van der Waals surface area contributed by atoms with Crippen LogP contribution in [0.4, 0.5) is 0 Å². The van der Waals surface area contributed by atoms with E-state index in [4.69, 9.17) is 5.73 Å². The number of ketones is 2. The van der Waals surface area contributed by atoms with Gasteiger partial charge in [0.05, 0.1) is 5.57 Å². The number of carbonyl (C=O) groups excluding carboxylic acids is 2. The molecule has 0 heterocycles. The standard InChI is InChI=1S/C30H42N2O2/c1-25(2)10-12-30(32)13-11-29(7)23(19(30)16-25)20(33)14-22-27(5)15-18(17-31)24(34)26(3,4)21(27)8-9-28(22,29)6/h14-15,19,21,23H,8-13,16,32H2,1-7H3/t19?,21?,23-,27-,28+,29+,30-/m0/s1. The Balaban J connectivity index is 1.69. The molecule has 0 amide bonds. The lowest BCUT2D eigenvalue weighted by Gasteiger charge is -2.69. The summed E-state index contributed by atoms with van der Waals surface area (Å²) in [5.41, 5.74) is 7.05. The predicted molar refractivity (Wildman–Crippen MR) is 133 cm³/mol. The molecule has 2 unspecified atom stereocenters. The van der Waals surface area contributed by atoms with Crippen LogP contribution in [0.5, 0.6) is 0 Å². The first-order valence-electron chi connectivity index (χ1n) is 13.3. The van der Waals surface area contributed by atoms with Crippen LogP contribution in [0.2, 0.25) is 0 Å². The van der Waals surface area contributed by atoms with Crippen LogP contribution < -0.4 is 5.73 Å². The molecule has 7 atom stereocenters. The fraction of sp³-hybridized carbons (Fsp3) is 0.767. The van der Waals surface area contributed by atoms with E-state index in [1.165, 1.54) is 0 Å². The molecule has 0 aromatic heterocycles. The minimum Gasteiger partial charge on any atom is -0.325 e. The number of nitrogens with zero attached hydrogens (tertiary/aromatic N) is 1. The number of hydrogen-bond donors (Lipinski definition) is 1. The molecule has 4 heteroatoms. The van der Waals surface area contributed by atoms with Gasteiger partial charge in [-0.05, 0) is 79.1 Å². The molecule has 0 radical (unpaired) electrons. The molecule has 184 valence electrons. The van der Waals surface area contributed by atoms with Gasteiger partial charge in [0.1, 0.15) is 6.07 Å². The van der Waals surface area contributed by atoms with Crippen LogP contribution in [0, 0.1) is 56.2 Å². The van der Waals surface area contributed by atoms with Crippen LogP contribution in [0.25, 0.3) is 0 Å². The maximum atomic E-state index is 14.1. The maximum absolute atomic E-state index is 14.1. The van der Waals surface area contributed by atoms with Gasteiger partial charge in [0.15, 0.2) is 11.6 Å². The lowest BCUT2D eigenvalue weighted by atomic mass is 9.35. The molecule has 0 saturated heterocycles. The number of nitrogens with two attached hydrogens (primary N) is 1. The molecular weight excluding hydrogens is 420 g/mol. The van der Waals surface area contributed by atoms with Crippen molar-refractivity contribution in [3.63, 3.8) is 0 Å². The molecule has 0 bridgehead atoms. The van der Waals surface area contributed by atoms with Gasteiger partial charge < -0.3 is 5.73 Å². The number of nitriles is 1. The molecule has 0 aliphatic heterocycles. The van der Waals surface area contributed by atoms with Crippen molar-refractivity contribution in [3.8, 4) is 6.07 Å². The summed E-state index contributed by atoms with van der Waals surface area (Å²) in [5, 5.41) is 9.82. The Labute approximate surface area is 205 Å². The fourth-order valence-electron chi connectivity index (χ4n) is 9.67. The van der Waals surface area contributed by atoms with Gasteiger partial charge in [0, 0.05) is 22.3 Å². The normalized spacial score (nSPS) is 48.9. The summed E-state index contributed by atoms with van der Waals surface area (Å²) in [4.78, 5) is 27.3. The zero-order valence-corrected chi connectivity index (χ0v) is 22.2. The van der Waals surface area contributed by atoms with Crippen LogP contribution in [-0.2, 0) is 9.59 Å². The van der Waals surface area contributed by atoms with Gasteiger partial charge in [-0.3, -0.25) is 9.59 Å². The summed E-state index contributed by atoms with van der Waals surface area (Å²) in [7, 11) is 0. The summed E-state index contributed by atoms with van der Waals surface area (Å²) in [6.07, 6.45) is 10.9. The number of Topliss-reactive ketones (excluding diaryl/α,β-unsaturated/α-hetero) is 1. The summed E-state index contributed by atoms with van der Waals surface area (Å²) < 4.78 is 0. The Kier molecular flexibility index (Phi) is 4.74. The molecule has 5 rings (SSSR count). The molecule has 0 aromatic rings. The van der Waals surface area contributed by atoms with Crippen molar-refractivity contribution in [1.29, 1.82) is 5.26 Å². The van der Waals surface area contributed by atoms with E-state index in [0.29, 0.717) is 0 Å². The highest BCUT2D eigenvalue weighted by atomic mass is 16.1. The molecular formula is C30H42N2O2. The lowest BCUT2D eigenvalue weighted by Crippen LogP contribution is -2.68. The molecule has 0 aromatic carbocycles. The van der Waals surface area contributed by atoms with Crippen LogP contribution in [0.15, 0.2) is 23.3 Å². The highest BCUT2D eigenvalue weighted by molar-refractivity contribution is 6.04. The van der Waals surface area contributed by atoms with Gasteiger partial charge in [-0.25, -0.2) is 0 Å². The summed E-state index contributed by atoms with van der Waals surface area (Å²) >= 11 is 0. The Morgan fingerprint density at radius 3 is 2.26 bits per heavy atom. The van der Waals surface area contributed by atoms with E-state index in [2.05, 4.69) is 40.7 Å². The van der Waals surface area contributed by atoms with E-state index in [0.717, 1.165) is 50.5 Å². The number of carbonyl (C=O) groups is 2. The number of rotatable bonds is 0. The van der Waals surface area contributed by atoms with E-state index in [-0.39, 0.29) is 56.7 Å². The molecule has 34 heavy (non-hydrogen) atoms. The molecule has 4 nitrogen and oxygen atoms in total. The van der Waals surface area contributed by atoms with Crippen molar-refractivity contribution in [1.82, 2.24) is 0 Å². The van der Waals surface area contributed by atoms with Gasteiger partial charge in [-0.1, -0.05) is 60.1 Å². The van der Waals surface area contributed by atoms with Crippen molar-refractivity contribution in [3.05, 3.63) is 23.3 Å². The number of allylic oxidation sites excluding steroid dienone is 4. The number of fused-ring (bicyclic) bond motifs is 7. The highest BCUT2D eigenvalue weighted by Crippen LogP contribution is 2.73. The van der Waals surface area contributed by atoms with E-state index in [1.54, 1.807) is 0 Å². The van der Waals surface area contributed by atoms with Gasteiger partial charge in [0.2, 0.25) is 0 Å². The minimum absolute atomic E-state index is 0.0529. The number of hydrogen-bond acceptors (Lipinski definition) is 4. The first-order valence-corrected chi connectivity index (χ1v) is 13.3. The average molecular weight is 463 g/mol. The Bertz CT molecular complexity index is 1090. The second kappa shape index (κ2) is 6.73. The van der Waals surface area contributed by atoms with Crippen LogP contribution in [0.3, 0.4) is 0 Å². The molecule has 5 aliphatic carbocycles. The minimum atomic E-state index is -0.621. The van der Waals surface area contributed by atoms with Crippen molar-refractivity contribution < 1.29 is 9.59 Å². The third-order valence-corrected chi connectivity index (χ3v) is 11.9. The van der Waals surface area contributed by atoms with Crippen LogP contribution in [0.1, 0.15) is 93.4 Å². The maximum Gasteiger partial charge on any atom is 0.178 e. The van der Waals surface area contributed by atoms with E-state index < -0.39 is 10.8 Å². The quantitative estimate of drug-likeness (QED) is 0.484. The predicted octanol–water partition coefficient (Wildman–Crippen LogP) is 5.92. The SMILES string of the molecule is CC1(C)CC[C@]2(N)CC[C@]3(C)[C@H](C(=O)C=C4[C@@]5(C)C=C(C#N)C(=O)C(C)(C)C5CC[C@]43C)C2C1. The van der Waals surface area contributed by atoms with E-state index in [1.807, 2.05) is 26.0 Å². The zero-order chi connectivity index (χ0) is 25.1. The van der Waals surface area contributed by atoms with Gasteiger partial charge >= 0.3 is 0 Å². The summed E-state index contributed by atoms with van der Waals surface area (Å²) in [6.45, 7) is 15.6. The Hall–Kier alpha value is -1.73. The topological polar surface area (TPSA) is 83.9 Å². The molecule has 0 spiro atoms.